The number of benzene rings is 1. The molecule has 0 spiro atoms. The van der Waals surface area contributed by atoms with E-state index in [2.05, 4.69) is 38.2 Å². The highest BCUT2D eigenvalue weighted by Gasteiger charge is 2.35. The van der Waals surface area contributed by atoms with Crippen molar-refractivity contribution in [2.24, 2.45) is 17.6 Å². The van der Waals surface area contributed by atoms with Gasteiger partial charge in [-0.15, -0.1) is 12.4 Å². The lowest BCUT2D eigenvalue weighted by atomic mass is 9.78. The third kappa shape index (κ3) is 4.02. The number of rotatable bonds is 5. The zero-order valence-electron chi connectivity index (χ0n) is 13.8. The first-order valence-electron chi connectivity index (χ1n) is 8.02. The lowest BCUT2D eigenvalue weighted by molar-refractivity contribution is -0.127. The Bertz CT molecular complexity index is 475. The van der Waals surface area contributed by atoms with E-state index in [0.717, 1.165) is 19.3 Å². The molecule has 0 aromatic heterocycles. The van der Waals surface area contributed by atoms with Crippen molar-refractivity contribution in [1.29, 1.82) is 0 Å². The van der Waals surface area contributed by atoms with Gasteiger partial charge in [-0.1, -0.05) is 50.6 Å². The molecule has 0 radical (unpaired) electrons. The Hall–Kier alpha value is -1.06. The third-order valence-corrected chi connectivity index (χ3v) is 5.26. The first-order valence-corrected chi connectivity index (χ1v) is 8.02. The molecule has 1 aromatic carbocycles. The number of nitrogens with one attached hydrogen (secondary N) is 1. The minimum absolute atomic E-state index is 0. The molecule has 3 N–H and O–H groups in total. The van der Waals surface area contributed by atoms with E-state index < -0.39 is 0 Å². The Morgan fingerprint density at radius 1 is 1.32 bits per heavy atom. The zero-order valence-corrected chi connectivity index (χ0v) is 14.7. The summed E-state index contributed by atoms with van der Waals surface area (Å²) in [5.74, 6) is 0.639. The Kier molecular flexibility index (Phi) is 6.89. The first kappa shape index (κ1) is 19.0. The molecule has 1 aliphatic carbocycles. The minimum Gasteiger partial charge on any atom is -0.353 e. The number of carbonyl (C=O) groups is 1. The summed E-state index contributed by atoms with van der Waals surface area (Å²) in [4.78, 5) is 12.5. The predicted molar refractivity (Wildman–Crippen MR) is 94.2 cm³/mol. The van der Waals surface area contributed by atoms with Crippen LogP contribution >= 0.6 is 12.4 Å². The van der Waals surface area contributed by atoms with Gasteiger partial charge >= 0.3 is 0 Å². The van der Waals surface area contributed by atoms with E-state index in [0.29, 0.717) is 12.5 Å². The summed E-state index contributed by atoms with van der Waals surface area (Å²) in [6.45, 7) is 7.08. The molecule has 124 valence electrons. The topological polar surface area (TPSA) is 55.1 Å². The highest BCUT2D eigenvalue weighted by molar-refractivity contribution is 5.85. The standard InChI is InChI=1S/C18H28N2O.ClH/c1-13(18(2,3)15-9-5-4-6-10-15)20-17(21)16-11-7-8-14(16)12-19;/h4-6,9-10,13-14,16H,7-8,11-12,19H2,1-3H3,(H,20,21);1H/t13?,14-,16-;/m1./s1. The van der Waals surface area contributed by atoms with Crippen LogP contribution in [-0.4, -0.2) is 18.5 Å². The van der Waals surface area contributed by atoms with Gasteiger partial charge in [-0.05, 0) is 37.8 Å². The summed E-state index contributed by atoms with van der Waals surface area (Å²) in [6, 6.07) is 10.5. The third-order valence-electron chi connectivity index (χ3n) is 5.26. The van der Waals surface area contributed by atoms with Gasteiger partial charge in [0.05, 0.1) is 0 Å². The van der Waals surface area contributed by atoms with Gasteiger partial charge in [-0.3, -0.25) is 4.79 Å². The predicted octanol–water partition coefficient (Wildman–Crippen LogP) is 3.27. The maximum Gasteiger partial charge on any atom is 0.223 e. The van der Waals surface area contributed by atoms with Crippen LogP contribution in [0.15, 0.2) is 30.3 Å². The second-order valence-corrected chi connectivity index (χ2v) is 6.85. The summed E-state index contributed by atoms with van der Waals surface area (Å²) in [5.41, 5.74) is 6.95. The number of hydrogen-bond acceptors (Lipinski definition) is 2. The molecule has 0 saturated heterocycles. The van der Waals surface area contributed by atoms with E-state index in [1.807, 2.05) is 18.2 Å². The molecule has 1 amide bonds. The lowest BCUT2D eigenvalue weighted by Crippen LogP contribution is -2.48. The fourth-order valence-electron chi connectivity index (χ4n) is 3.28. The number of nitrogens with two attached hydrogens (primary N) is 1. The molecule has 1 unspecified atom stereocenters. The fourth-order valence-corrected chi connectivity index (χ4v) is 3.28. The van der Waals surface area contributed by atoms with E-state index in [-0.39, 0.29) is 35.7 Å². The van der Waals surface area contributed by atoms with Crippen LogP contribution in [0.5, 0.6) is 0 Å². The van der Waals surface area contributed by atoms with Gasteiger partial charge in [0.1, 0.15) is 0 Å². The van der Waals surface area contributed by atoms with E-state index in [1.165, 1.54) is 5.56 Å². The quantitative estimate of drug-likeness (QED) is 0.873. The van der Waals surface area contributed by atoms with Crippen molar-refractivity contribution in [2.45, 2.75) is 51.5 Å². The summed E-state index contributed by atoms with van der Waals surface area (Å²) in [5, 5.41) is 3.23. The fraction of sp³-hybridized carbons (Fsp3) is 0.611. The number of amides is 1. The molecule has 1 aromatic rings. The average Bonchev–Trinajstić information content (AvgIpc) is 2.96. The largest absolute Gasteiger partial charge is 0.353 e. The Balaban J connectivity index is 0.00000242. The molecule has 3 atom stereocenters. The highest BCUT2D eigenvalue weighted by atomic mass is 35.5. The van der Waals surface area contributed by atoms with E-state index in [9.17, 15) is 4.79 Å². The molecule has 1 saturated carbocycles. The molecule has 3 nitrogen and oxygen atoms in total. The van der Waals surface area contributed by atoms with Crippen LogP contribution in [0.3, 0.4) is 0 Å². The van der Waals surface area contributed by atoms with Crippen LogP contribution in [0.1, 0.15) is 45.6 Å². The zero-order chi connectivity index (χ0) is 15.5. The minimum atomic E-state index is -0.0895. The Morgan fingerprint density at radius 2 is 1.95 bits per heavy atom. The van der Waals surface area contributed by atoms with Crippen molar-refractivity contribution >= 4 is 18.3 Å². The molecule has 1 fully saturated rings. The SMILES string of the molecule is CC(NC(=O)[C@@H]1CCC[C@@H]1CN)C(C)(C)c1ccccc1.Cl. The van der Waals surface area contributed by atoms with Crippen molar-refractivity contribution in [3.63, 3.8) is 0 Å². The molecular weight excluding hydrogens is 296 g/mol. The van der Waals surface area contributed by atoms with Crippen LogP contribution in [-0.2, 0) is 10.2 Å². The maximum atomic E-state index is 12.5. The van der Waals surface area contributed by atoms with Gasteiger partial charge in [-0.2, -0.15) is 0 Å². The second kappa shape index (κ2) is 7.98. The second-order valence-electron chi connectivity index (χ2n) is 6.85. The Labute approximate surface area is 140 Å². The molecule has 0 aliphatic heterocycles. The summed E-state index contributed by atoms with van der Waals surface area (Å²) < 4.78 is 0. The van der Waals surface area contributed by atoms with Gasteiger partial charge in [0.2, 0.25) is 5.91 Å². The number of halogens is 1. The van der Waals surface area contributed by atoms with E-state index in [4.69, 9.17) is 5.73 Å². The molecule has 0 bridgehead atoms. The molecule has 2 rings (SSSR count). The van der Waals surface area contributed by atoms with Crippen molar-refractivity contribution in [3.8, 4) is 0 Å². The lowest BCUT2D eigenvalue weighted by Gasteiger charge is -2.34. The maximum absolute atomic E-state index is 12.5. The highest BCUT2D eigenvalue weighted by Crippen LogP contribution is 2.32. The summed E-state index contributed by atoms with van der Waals surface area (Å²) in [7, 11) is 0. The van der Waals surface area contributed by atoms with Gasteiger partial charge in [0.15, 0.2) is 0 Å². The molecule has 4 heteroatoms. The first-order chi connectivity index (χ1) is 9.96. The van der Waals surface area contributed by atoms with Crippen LogP contribution in [0, 0.1) is 11.8 Å². The normalized spacial score (nSPS) is 22.7. The molecule has 22 heavy (non-hydrogen) atoms. The van der Waals surface area contributed by atoms with E-state index in [1.54, 1.807) is 0 Å². The van der Waals surface area contributed by atoms with Crippen molar-refractivity contribution < 1.29 is 4.79 Å². The smallest absolute Gasteiger partial charge is 0.223 e. The van der Waals surface area contributed by atoms with Gasteiger partial charge in [-0.25, -0.2) is 0 Å². The summed E-state index contributed by atoms with van der Waals surface area (Å²) in [6.07, 6.45) is 3.19. The molecule has 1 aliphatic rings. The van der Waals surface area contributed by atoms with Crippen molar-refractivity contribution in [1.82, 2.24) is 5.32 Å². The number of hydrogen-bond donors (Lipinski definition) is 2. The van der Waals surface area contributed by atoms with Crippen LogP contribution in [0.2, 0.25) is 0 Å². The van der Waals surface area contributed by atoms with Gasteiger partial charge in [0.25, 0.3) is 0 Å². The molecule has 0 heterocycles. The number of carbonyl (C=O) groups excluding carboxylic acids is 1. The van der Waals surface area contributed by atoms with Crippen molar-refractivity contribution in [3.05, 3.63) is 35.9 Å². The van der Waals surface area contributed by atoms with Gasteiger partial charge in [0, 0.05) is 17.4 Å². The van der Waals surface area contributed by atoms with Crippen LogP contribution in [0.25, 0.3) is 0 Å². The van der Waals surface area contributed by atoms with Crippen molar-refractivity contribution in [2.75, 3.05) is 6.54 Å². The molecular formula is C18H29ClN2O. The van der Waals surface area contributed by atoms with Crippen LogP contribution in [0.4, 0.5) is 0 Å². The average molecular weight is 325 g/mol. The Morgan fingerprint density at radius 3 is 2.55 bits per heavy atom. The summed E-state index contributed by atoms with van der Waals surface area (Å²) >= 11 is 0. The van der Waals surface area contributed by atoms with Gasteiger partial charge < -0.3 is 11.1 Å². The van der Waals surface area contributed by atoms with E-state index >= 15 is 0 Å². The van der Waals surface area contributed by atoms with Crippen LogP contribution < -0.4 is 11.1 Å². The monoisotopic (exact) mass is 324 g/mol.